The minimum absolute atomic E-state index is 0. The summed E-state index contributed by atoms with van der Waals surface area (Å²) in [4.78, 5) is 8.81. The zero-order chi connectivity index (χ0) is 24.6. The van der Waals surface area contributed by atoms with E-state index in [1.54, 1.807) is 6.20 Å². The molecule has 2 aromatic heterocycles. The number of hydrogen-bond acceptors (Lipinski definition) is 2. The van der Waals surface area contributed by atoms with Gasteiger partial charge in [-0.05, 0) is 34.7 Å². The molecule has 0 fully saturated rings. The standard InChI is InChI=1S/C21H23N2.C11H8N.Ir/c1-15(2)18-11-8-12-19(16(3)4)20(18)23-14-13-22-21(23)17-9-6-5-7-10-17;1-2-6-10(7-3-1)11-8-4-5-9-12-11;/h5-9,11-16H,1-4H3;1-6,8-9H;/q2*-1;. The van der Waals surface area contributed by atoms with Crippen molar-refractivity contribution in [3.63, 3.8) is 0 Å². The molecule has 0 amide bonds. The fourth-order valence-electron chi connectivity index (χ4n) is 4.08. The van der Waals surface area contributed by atoms with Crippen molar-refractivity contribution in [1.29, 1.82) is 0 Å². The number of nitrogens with zero attached hydrogens (tertiary/aromatic N) is 3. The van der Waals surface area contributed by atoms with Gasteiger partial charge < -0.3 is 9.55 Å². The van der Waals surface area contributed by atoms with E-state index in [4.69, 9.17) is 0 Å². The van der Waals surface area contributed by atoms with Gasteiger partial charge >= 0.3 is 0 Å². The maximum absolute atomic E-state index is 4.60. The van der Waals surface area contributed by atoms with Crippen LogP contribution >= 0.6 is 0 Å². The largest absolute Gasteiger partial charge is 0.340 e. The Bertz CT molecular complexity index is 1260. The topological polar surface area (TPSA) is 30.7 Å². The number of benzene rings is 3. The first kappa shape index (κ1) is 27.3. The van der Waals surface area contributed by atoms with Gasteiger partial charge in [-0.2, -0.15) is 0 Å². The molecule has 0 spiro atoms. The molecule has 0 aliphatic heterocycles. The van der Waals surface area contributed by atoms with Crippen molar-refractivity contribution >= 4 is 0 Å². The SMILES string of the molecule is CC(C)c1cccc(C(C)C)c1-n1ccnc1-c1[c-]cccc1.[Ir].[c-]1ccccc1-c1ccccn1. The third kappa shape index (κ3) is 6.46. The molecule has 185 valence electrons. The summed E-state index contributed by atoms with van der Waals surface area (Å²) in [6.45, 7) is 8.98. The molecular weight excluding hydrogens is 619 g/mol. The Morgan fingerprint density at radius 3 is 1.78 bits per heavy atom. The number of imidazole rings is 1. The van der Waals surface area contributed by atoms with E-state index in [1.807, 2.05) is 66.9 Å². The van der Waals surface area contributed by atoms with E-state index < -0.39 is 0 Å². The van der Waals surface area contributed by atoms with Crippen LogP contribution in [0, 0.1) is 12.1 Å². The number of rotatable bonds is 5. The zero-order valence-corrected chi connectivity index (χ0v) is 23.5. The second kappa shape index (κ2) is 13.1. The van der Waals surface area contributed by atoms with Gasteiger partial charge in [0.25, 0.3) is 0 Å². The molecule has 0 aliphatic rings. The normalized spacial score (nSPS) is 10.5. The summed E-state index contributed by atoms with van der Waals surface area (Å²) >= 11 is 0. The minimum Gasteiger partial charge on any atom is -0.340 e. The molecule has 0 saturated heterocycles. The van der Waals surface area contributed by atoms with E-state index in [-0.39, 0.29) is 20.1 Å². The number of pyridine rings is 1. The smallest absolute Gasteiger partial charge is 0.0602 e. The van der Waals surface area contributed by atoms with E-state index in [2.05, 4.69) is 84.8 Å². The van der Waals surface area contributed by atoms with Crippen LogP contribution in [0.2, 0.25) is 0 Å². The summed E-state index contributed by atoms with van der Waals surface area (Å²) in [6.07, 6.45) is 5.72. The predicted molar refractivity (Wildman–Crippen MR) is 145 cm³/mol. The van der Waals surface area contributed by atoms with Crippen LogP contribution in [-0.2, 0) is 20.1 Å². The van der Waals surface area contributed by atoms with Gasteiger partial charge in [-0.25, -0.2) is 0 Å². The van der Waals surface area contributed by atoms with Crippen LogP contribution < -0.4 is 0 Å². The minimum atomic E-state index is 0. The Morgan fingerprint density at radius 2 is 1.25 bits per heavy atom. The van der Waals surface area contributed by atoms with Crippen LogP contribution in [0.1, 0.15) is 50.7 Å². The van der Waals surface area contributed by atoms with Crippen molar-refractivity contribution in [3.8, 4) is 28.3 Å². The summed E-state index contributed by atoms with van der Waals surface area (Å²) < 4.78 is 2.22. The second-order valence-corrected chi connectivity index (χ2v) is 8.98. The molecule has 36 heavy (non-hydrogen) atoms. The summed E-state index contributed by atoms with van der Waals surface area (Å²) in [7, 11) is 0. The Balaban J connectivity index is 0.000000234. The van der Waals surface area contributed by atoms with Crippen LogP contribution in [0.15, 0.2) is 104 Å². The maximum Gasteiger partial charge on any atom is 0.0602 e. The van der Waals surface area contributed by atoms with Crippen LogP contribution in [0.3, 0.4) is 0 Å². The summed E-state index contributed by atoms with van der Waals surface area (Å²) in [5, 5.41) is 0. The Labute approximate surface area is 228 Å². The molecule has 3 aromatic carbocycles. The molecule has 0 aliphatic carbocycles. The van der Waals surface area contributed by atoms with Crippen molar-refractivity contribution in [2.45, 2.75) is 39.5 Å². The van der Waals surface area contributed by atoms with Crippen molar-refractivity contribution in [2.24, 2.45) is 0 Å². The fraction of sp³-hybridized carbons (Fsp3) is 0.188. The van der Waals surface area contributed by atoms with Crippen LogP contribution in [0.4, 0.5) is 0 Å². The zero-order valence-electron chi connectivity index (χ0n) is 21.1. The molecular formula is C32H31IrN3-2. The van der Waals surface area contributed by atoms with Gasteiger partial charge in [0.1, 0.15) is 0 Å². The molecule has 1 radical (unpaired) electrons. The van der Waals surface area contributed by atoms with Crippen molar-refractivity contribution in [1.82, 2.24) is 14.5 Å². The molecule has 5 aromatic rings. The summed E-state index contributed by atoms with van der Waals surface area (Å²) in [6, 6.07) is 34.7. The Hall–Kier alpha value is -3.33. The fourth-order valence-corrected chi connectivity index (χ4v) is 4.08. The van der Waals surface area contributed by atoms with Gasteiger partial charge in [-0.1, -0.05) is 58.0 Å². The molecule has 4 heteroatoms. The number of para-hydroxylation sites is 1. The molecule has 0 bridgehead atoms. The molecule has 5 rings (SSSR count). The summed E-state index contributed by atoms with van der Waals surface area (Å²) in [5.74, 6) is 1.86. The van der Waals surface area contributed by atoms with Gasteiger partial charge in [0, 0.05) is 44.4 Å². The van der Waals surface area contributed by atoms with Gasteiger partial charge in [0.2, 0.25) is 0 Å². The Kier molecular flexibility index (Phi) is 9.93. The first-order valence-corrected chi connectivity index (χ1v) is 12.1. The third-order valence-corrected chi connectivity index (χ3v) is 5.82. The van der Waals surface area contributed by atoms with E-state index in [9.17, 15) is 0 Å². The Morgan fingerprint density at radius 1 is 0.639 bits per heavy atom. The van der Waals surface area contributed by atoms with Crippen LogP contribution in [-0.4, -0.2) is 14.5 Å². The molecule has 0 saturated carbocycles. The van der Waals surface area contributed by atoms with Crippen molar-refractivity contribution in [2.75, 3.05) is 0 Å². The molecule has 0 atom stereocenters. The molecule has 3 nitrogen and oxygen atoms in total. The predicted octanol–water partition coefficient (Wildman–Crippen LogP) is 8.13. The first-order valence-electron chi connectivity index (χ1n) is 12.1. The number of hydrogen-bond donors (Lipinski definition) is 0. The monoisotopic (exact) mass is 650 g/mol. The maximum atomic E-state index is 4.60. The van der Waals surface area contributed by atoms with Gasteiger partial charge in [-0.15, -0.1) is 71.8 Å². The van der Waals surface area contributed by atoms with Gasteiger partial charge in [-0.3, -0.25) is 4.98 Å². The first-order chi connectivity index (χ1) is 17.1. The third-order valence-electron chi connectivity index (χ3n) is 5.82. The summed E-state index contributed by atoms with van der Waals surface area (Å²) in [5.41, 5.74) is 7.00. The average Bonchev–Trinajstić information content (AvgIpc) is 3.40. The van der Waals surface area contributed by atoms with E-state index in [0.29, 0.717) is 11.8 Å². The van der Waals surface area contributed by atoms with Gasteiger partial charge in [0.05, 0.1) is 5.82 Å². The van der Waals surface area contributed by atoms with E-state index in [1.165, 1.54) is 16.8 Å². The van der Waals surface area contributed by atoms with Gasteiger partial charge in [0.15, 0.2) is 0 Å². The van der Waals surface area contributed by atoms with Crippen molar-refractivity contribution < 1.29 is 20.1 Å². The quantitative estimate of drug-likeness (QED) is 0.180. The van der Waals surface area contributed by atoms with Crippen LogP contribution in [0.25, 0.3) is 28.3 Å². The van der Waals surface area contributed by atoms with E-state index in [0.717, 1.165) is 22.6 Å². The van der Waals surface area contributed by atoms with E-state index >= 15 is 0 Å². The molecule has 0 N–H and O–H groups in total. The van der Waals surface area contributed by atoms with Crippen LogP contribution in [0.5, 0.6) is 0 Å². The second-order valence-electron chi connectivity index (χ2n) is 8.98. The average molecular weight is 650 g/mol. The molecule has 2 heterocycles. The number of aromatic nitrogens is 3. The molecule has 0 unspecified atom stereocenters. The van der Waals surface area contributed by atoms with Crippen molar-refractivity contribution in [3.05, 3.63) is 127 Å².